The monoisotopic (exact) mass is 282 g/mol. The number of tetrazole rings is 1. The van der Waals surface area contributed by atoms with E-state index in [1.165, 1.54) is 4.63 Å². The van der Waals surface area contributed by atoms with Gasteiger partial charge in [0, 0.05) is 13.1 Å². The summed E-state index contributed by atoms with van der Waals surface area (Å²) >= 11 is 0. The molecule has 1 N–H and O–H groups in total. The first kappa shape index (κ1) is 11.8. The summed E-state index contributed by atoms with van der Waals surface area (Å²) in [6.07, 6.45) is 0. The fourth-order valence-corrected chi connectivity index (χ4v) is 2.50. The number of hydrogen-bond donors (Lipinski definition) is 1. The molecular formula is C13H10N6O2. The number of aromatic carboxylic acids is 1. The Bertz CT molecular complexity index is 859. The molecule has 1 aromatic carbocycles. The molecule has 0 amide bonds. The third-order valence-electron chi connectivity index (χ3n) is 3.56. The predicted octanol–water partition coefficient (Wildman–Crippen LogP) is 0.738. The van der Waals surface area contributed by atoms with Gasteiger partial charge in [0.25, 0.3) is 0 Å². The molecule has 3 heterocycles. The summed E-state index contributed by atoms with van der Waals surface area (Å²) in [6.45, 7) is 1.31. The van der Waals surface area contributed by atoms with Crippen molar-refractivity contribution in [3.05, 3.63) is 47.0 Å². The second kappa shape index (κ2) is 4.23. The smallest absolute Gasteiger partial charge is 0.335 e. The van der Waals surface area contributed by atoms with E-state index < -0.39 is 5.97 Å². The summed E-state index contributed by atoms with van der Waals surface area (Å²) in [5.74, 6) is -0.160. The highest BCUT2D eigenvalue weighted by Crippen LogP contribution is 2.27. The van der Waals surface area contributed by atoms with Crippen molar-refractivity contribution >= 4 is 17.4 Å². The summed E-state index contributed by atoms with van der Waals surface area (Å²) in [4.78, 5) is 13.1. The number of rotatable bonds is 2. The third-order valence-corrected chi connectivity index (χ3v) is 3.56. The Morgan fingerprint density at radius 2 is 2.00 bits per heavy atom. The number of anilines is 1. The minimum atomic E-state index is -0.913. The summed E-state index contributed by atoms with van der Waals surface area (Å²) in [6, 6.07) is 8.86. The van der Waals surface area contributed by atoms with E-state index in [1.54, 1.807) is 18.2 Å². The van der Waals surface area contributed by atoms with Gasteiger partial charge in [-0.15, -0.1) is 14.8 Å². The zero-order valence-corrected chi connectivity index (χ0v) is 10.8. The molecule has 21 heavy (non-hydrogen) atoms. The number of carbonyl (C=O) groups is 1. The lowest BCUT2D eigenvalue weighted by molar-refractivity contribution is 0.0697. The van der Waals surface area contributed by atoms with Crippen molar-refractivity contribution in [2.24, 2.45) is 0 Å². The second-order valence-corrected chi connectivity index (χ2v) is 4.86. The van der Waals surface area contributed by atoms with E-state index in [2.05, 4.69) is 25.5 Å². The molecule has 0 saturated heterocycles. The van der Waals surface area contributed by atoms with E-state index in [4.69, 9.17) is 5.11 Å². The van der Waals surface area contributed by atoms with Gasteiger partial charge in [-0.1, -0.05) is 6.07 Å². The molecule has 0 bridgehead atoms. The first-order valence-electron chi connectivity index (χ1n) is 6.36. The van der Waals surface area contributed by atoms with Crippen molar-refractivity contribution in [2.75, 3.05) is 4.90 Å². The van der Waals surface area contributed by atoms with Gasteiger partial charge in [-0.3, -0.25) is 0 Å². The van der Waals surface area contributed by atoms with E-state index in [0.717, 1.165) is 16.9 Å². The van der Waals surface area contributed by atoms with Crippen LogP contribution in [0.15, 0.2) is 30.3 Å². The molecular weight excluding hydrogens is 272 g/mol. The summed E-state index contributed by atoms with van der Waals surface area (Å²) in [5.41, 5.74) is 3.01. The zero-order valence-electron chi connectivity index (χ0n) is 10.8. The minimum Gasteiger partial charge on any atom is -0.478 e. The summed E-state index contributed by atoms with van der Waals surface area (Å²) in [5, 5.41) is 24.5. The van der Waals surface area contributed by atoms with Gasteiger partial charge in [-0.05, 0) is 45.8 Å². The van der Waals surface area contributed by atoms with E-state index in [0.29, 0.717) is 24.3 Å². The maximum atomic E-state index is 11.0. The van der Waals surface area contributed by atoms with Crippen LogP contribution in [0.3, 0.4) is 0 Å². The maximum Gasteiger partial charge on any atom is 0.335 e. The van der Waals surface area contributed by atoms with Crippen LogP contribution in [0.5, 0.6) is 0 Å². The van der Waals surface area contributed by atoms with Crippen LogP contribution in [0.25, 0.3) is 5.65 Å². The lowest BCUT2D eigenvalue weighted by Gasteiger charge is -2.15. The third kappa shape index (κ3) is 1.88. The molecule has 0 atom stereocenters. The molecule has 4 rings (SSSR count). The molecule has 104 valence electrons. The average molecular weight is 282 g/mol. The van der Waals surface area contributed by atoms with Gasteiger partial charge in [-0.2, -0.15) is 0 Å². The average Bonchev–Trinajstić information content (AvgIpc) is 3.11. The molecule has 1 aliphatic heterocycles. The van der Waals surface area contributed by atoms with Crippen LogP contribution in [0, 0.1) is 0 Å². The molecule has 0 saturated carbocycles. The topological polar surface area (TPSA) is 96.5 Å². The molecule has 3 aromatic rings. The van der Waals surface area contributed by atoms with Gasteiger partial charge < -0.3 is 10.0 Å². The van der Waals surface area contributed by atoms with Gasteiger partial charge in [0.1, 0.15) is 0 Å². The number of fused-ring (bicyclic) bond motifs is 2. The fraction of sp³-hybridized carbons (Fsp3) is 0.154. The molecule has 0 unspecified atom stereocenters. The highest BCUT2D eigenvalue weighted by Gasteiger charge is 2.22. The van der Waals surface area contributed by atoms with Gasteiger partial charge in [0.2, 0.25) is 0 Å². The van der Waals surface area contributed by atoms with Crippen LogP contribution in [0.2, 0.25) is 0 Å². The van der Waals surface area contributed by atoms with Crippen LogP contribution in [-0.4, -0.2) is 36.3 Å². The van der Waals surface area contributed by atoms with Gasteiger partial charge in [-0.25, -0.2) is 4.79 Å². The van der Waals surface area contributed by atoms with Crippen molar-refractivity contribution in [1.82, 2.24) is 25.3 Å². The summed E-state index contributed by atoms with van der Waals surface area (Å²) in [7, 11) is 0. The Hall–Kier alpha value is -3.03. The lowest BCUT2D eigenvalue weighted by Crippen LogP contribution is -2.17. The quantitative estimate of drug-likeness (QED) is 0.740. The highest BCUT2D eigenvalue weighted by atomic mass is 16.4. The van der Waals surface area contributed by atoms with E-state index in [9.17, 15) is 4.79 Å². The van der Waals surface area contributed by atoms with Gasteiger partial charge >= 0.3 is 5.97 Å². The van der Waals surface area contributed by atoms with E-state index in [-0.39, 0.29) is 0 Å². The van der Waals surface area contributed by atoms with Crippen molar-refractivity contribution in [2.45, 2.75) is 13.1 Å². The number of carboxylic acids is 1. The fourth-order valence-electron chi connectivity index (χ4n) is 2.50. The van der Waals surface area contributed by atoms with Crippen LogP contribution in [-0.2, 0) is 13.1 Å². The summed E-state index contributed by atoms with van der Waals surface area (Å²) < 4.78 is 1.38. The molecule has 8 heteroatoms. The molecule has 8 nitrogen and oxygen atoms in total. The number of benzene rings is 1. The lowest BCUT2D eigenvalue weighted by atomic mass is 10.1. The second-order valence-electron chi connectivity index (χ2n) is 4.86. The van der Waals surface area contributed by atoms with E-state index >= 15 is 0 Å². The number of hydrogen-bond acceptors (Lipinski definition) is 6. The Morgan fingerprint density at radius 1 is 1.14 bits per heavy atom. The van der Waals surface area contributed by atoms with E-state index in [1.807, 2.05) is 12.1 Å². The van der Waals surface area contributed by atoms with Crippen LogP contribution in [0.1, 0.15) is 21.5 Å². The normalized spacial score (nSPS) is 13.6. The van der Waals surface area contributed by atoms with Gasteiger partial charge in [0.15, 0.2) is 11.5 Å². The van der Waals surface area contributed by atoms with Gasteiger partial charge in [0.05, 0.1) is 5.56 Å². The Kier molecular flexibility index (Phi) is 2.37. The van der Waals surface area contributed by atoms with Crippen LogP contribution in [0.4, 0.5) is 5.82 Å². The highest BCUT2D eigenvalue weighted by molar-refractivity contribution is 5.88. The first-order chi connectivity index (χ1) is 10.2. The van der Waals surface area contributed by atoms with Crippen molar-refractivity contribution in [1.29, 1.82) is 0 Å². The van der Waals surface area contributed by atoms with Crippen molar-refractivity contribution in [3.63, 3.8) is 0 Å². The molecule has 0 fully saturated rings. The SMILES string of the molecule is O=C(O)c1ccc2c(c1)CN(c1ccc3nnnn3n1)C2. The molecule has 0 radical (unpaired) electrons. The van der Waals surface area contributed by atoms with Crippen molar-refractivity contribution < 1.29 is 9.90 Å². The number of nitrogens with zero attached hydrogens (tertiary/aromatic N) is 6. The van der Waals surface area contributed by atoms with Crippen molar-refractivity contribution in [3.8, 4) is 0 Å². The Labute approximate surface area is 118 Å². The van der Waals surface area contributed by atoms with Crippen LogP contribution < -0.4 is 4.90 Å². The predicted molar refractivity (Wildman–Crippen MR) is 71.9 cm³/mol. The largest absolute Gasteiger partial charge is 0.478 e. The minimum absolute atomic E-state index is 0.305. The standard InChI is InChI=1S/C13H10N6O2/c20-13(21)8-1-2-9-6-18(7-10(9)5-8)12-4-3-11-14-16-17-19(11)15-12/h1-5H,6-7H2,(H,20,21). The molecule has 2 aromatic heterocycles. The maximum absolute atomic E-state index is 11.0. The number of aromatic nitrogens is 5. The Balaban J connectivity index is 1.67. The molecule has 1 aliphatic rings. The molecule has 0 aliphatic carbocycles. The van der Waals surface area contributed by atoms with Crippen LogP contribution >= 0.6 is 0 Å². The zero-order chi connectivity index (χ0) is 14.4. The Morgan fingerprint density at radius 3 is 2.86 bits per heavy atom. The molecule has 0 spiro atoms. The number of carboxylic acid groups (broad SMARTS) is 1. The first-order valence-corrected chi connectivity index (χ1v) is 6.36.